The van der Waals surface area contributed by atoms with E-state index in [2.05, 4.69) is 15.8 Å². The number of hydrogen-bond acceptors (Lipinski definition) is 5. The number of rotatable bonds is 8. The van der Waals surface area contributed by atoms with Crippen LogP contribution >= 0.6 is 11.8 Å². The molecule has 0 radical (unpaired) electrons. The number of hydrogen-bond donors (Lipinski definition) is 2. The molecule has 1 aliphatic carbocycles. The van der Waals surface area contributed by atoms with E-state index in [9.17, 15) is 14.4 Å². The van der Waals surface area contributed by atoms with Gasteiger partial charge in [-0.05, 0) is 18.8 Å². The number of Topliss-reactive ketones (excluding diaryl/α,β-unsaturated/α-hetero) is 1. The molecule has 7 nitrogen and oxygen atoms in total. The molecule has 1 saturated heterocycles. The van der Waals surface area contributed by atoms with Crippen molar-refractivity contribution < 1.29 is 14.4 Å². The summed E-state index contributed by atoms with van der Waals surface area (Å²) in [7, 11) is 1.89. The molecule has 1 saturated carbocycles. The summed E-state index contributed by atoms with van der Waals surface area (Å²) in [6.45, 7) is 4.81. The number of nitrogens with zero attached hydrogens (tertiary/aromatic N) is 2. The average molecular weight is 397 g/mol. The van der Waals surface area contributed by atoms with E-state index >= 15 is 0 Å². The van der Waals surface area contributed by atoms with Crippen LogP contribution in [0.1, 0.15) is 58.8 Å². The molecule has 0 bridgehead atoms. The minimum atomic E-state index is -0.788. The van der Waals surface area contributed by atoms with Gasteiger partial charge in [-0.25, -0.2) is 5.43 Å². The number of amidine groups is 1. The Kier molecular flexibility index (Phi) is 8.60. The Balaban J connectivity index is 2.03. The van der Waals surface area contributed by atoms with Gasteiger partial charge < -0.3 is 10.2 Å². The van der Waals surface area contributed by atoms with Crippen LogP contribution in [0.2, 0.25) is 0 Å². The van der Waals surface area contributed by atoms with Crippen LogP contribution in [0.4, 0.5) is 0 Å². The zero-order chi connectivity index (χ0) is 19.8. The van der Waals surface area contributed by atoms with Crippen molar-refractivity contribution in [2.45, 2.75) is 64.8 Å². The molecule has 2 rings (SSSR count). The van der Waals surface area contributed by atoms with Crippen molar-refractivity contribution in [3.63, 3.8) is 0 Å². The Morgan fingerprint density at radius 1 is 1.19 bits per heavy atom. The Morgan fingerprint density at radius 3 is 2.41 bits per heavy atom. The maximum absolute atomic E-state index is 12.8. The van der Waals surface area contributed by atoms with Crippen molar-refractivity contribution in [2.24, 2.45) is 16.9 Å². The fourth-order valence-corrected chi connectivity index (χ4v) is 4.66. The van der Waals surface area contributed by atoms with Crippen LogP contribution in [-0.2, 0) is 14.4 Å². The Bertz CT molecular complexity index is 571. The quantitative estimate of drug-likeness (QED) is 0.484. The summed E-state index contributed by atoms with van der Waals surface area (Å²) in [6.07, 6.45) is 6.41. The van der Waals surface area contributed by atoms with E-state index in [-0.39, 0.29) is 17.7 Å². The predicted octanol–water partition coefficient (Wildman–Crippen LogP) is 2.12. The van der Waals surface area contributed by atoms with Crippen LogP contribution in [0, 0.1) is 11.8 Å². The first-order chi connectivity index (χ1) is 13.0. The number of carbonyl (C=O) groups excluding carboxylic acids is 3. The van der Waals surface area contributed by atoms with Gasteiger partial charge in [0, 0.05) is 25.3 Å². The number of ketones is 1. The maximum Gasteiger partial charge on any atom is 0.309 e. The Morgan fingerprint density at radius 2 is 1.85 bits per heavy atom. The van der Waals surface area contributed by atoms with Gasteiger partial charge in [0.05, 0.1) is 0 Å². The lowest BCUT2D eigenvalue weighted by molar-refractivity contribution is -0.141. The standard InChI is InChI=1S/C19H32N4O3S/c1-4-13(5-2)15(20-17(25)14-9-7-6-8-10-14)16(24)18(26)21-22-19-23(3)11-12-27-19/h13-15H,4-12H2,1-3H3,(H,20,25)(H,21,26). The monoisotopic (exact) mass is 396 g/mol. The summed E-state index contributed by atoms with van der Waals surface area (Å²) in [5.41, 5.74) is 2.38. The highest BCUT2D eigenvalue weighted by molar-refractivity contribution is 8.14. The molecular formula is C19H32N4O3S. The molecule has 2 N–H and O–H groups in total. The smallest absolute Gasteiger partial charge is 0.309 e. The number of nitrogens with one attached hydrogen (secondary N) is 2. The summed E-state index contributed by atoms with van der Waals surface area (Å²) < 4.78 is 0. The molecule has 0 aromatic heterocycles. The maximum atomic E-state index is 12.8. The average Bonchev–Trinajstić information content (AvgIpc) is 3.11. The molecule has 2 amide bonds. The first-order valence-electron chi connectivity index (χ1n) is 10.0. The van der Waals surface area contributed by atoms with Gasteiger partial charge in [-0.1, -0.05) is 57.7 Å². The fraction of sp³-hybridized carbons (Fsp3) is 0.789. The van der Waals surface area contributed by atoms with Crippen molar-refractivity contribution >= 4 is 34.5 Å². The Labute approximate surface area is 166 Å². The summed E-state index contributed by atoms with van der Waals surface area (Å²) in [6, 6.07) is -0.788. The van der Waals surface area contributed by atoms with Crippen molar-refractivity contribution in [1.29, 1.82) is 0 Å². The molecule has 8 heteroatoms. The number of hydrazone groups is 1. The largest absolute Gasteiger partial charge is 0.352 e. The highest BCUT2D eigenvalue weighted by Gasteiger charge is 2.34. The van der Waals surface area contributed by atoms with Crippen molar-refractivity contribution in [1.82, 2.24) is 15.6 Å². The molecule has 1 atom stereocenters. The molecule has 27 heavy (non-hydrogen) atoms. The zero-order valence-corrected chi connectivity index (χ0v) is 17.4. The molecule has 0 aromatic rings. The second-order valence-electron chi connectivity index (χ2n) is 7.37. The number of amides is 2. The van der Waals surface area contributed by atoms with E-state index in [1.807, 2.05) is 25.8 Å². The normalized spacial score (nSPS) is 20.7. The van der Waals surface area contributed by atoms with Gasteiger partial charge in [0.15, 0.2) is 5.17 Å². The molecule has 2 fully saturated rings. The van der Waals surface area contributed by atoms with E-state index in [0.29, 0.717) is 5.17 Å². The molecule has 0 spiro atoms. The molecule has 1 unspecified atom stereocenters. The van der Waals surface area contributed by atoms with Gasteiger partial charge in [-0.3, -0.25) is 14.4 Å². The molecule has 1 heterocycles. The molecule has 2 aliphatic rings. The van der Waals surface area contributed by atoms with Crippen LogP contribution in [0.5, 0.6) is 0 Å². The van der Waals surface area contributed by atoms with Gasteiger partial charge in [-0.15, -0.1) is 5.10 Å². The summed E-state index contributed by atoms with van der Waals surface area (Å²) >= 11 is 1.54. The van der Waals surface area contributed by atoms with Crippen LogP contribution in [0.15, 0.2) is 5.10 Å². The van der Waals surface area contributed by atoms with Gasteiger partial charge in [-0.2, -0.15) is 0 Å². The zero-order valence-electron chi connectivity index (χ0n) is 16.6. The first-order valence-corrected chi connectivity index (χ1v) is 11.0. The van der Waals surface area contributed by atoms with E-state index in [1.165, 1.54) is 11.8 Å². The summed E-state index contributed by atoms with van der Waals surface area (Å²) in [5, 5.41) is 7.65. The highest BCUT2D eigenvalue weighted by Crippen LogP contribution is 2.24. The van der Waals surface area contributed by atoms with Crippen LogP contribution in [0.3, 0.4) is 0 Å². The van der Waals surface area contributed by atoms with E-state index < -0.39 is 17.7 Å². The number of thioether (sulfide) groups is 1. The SMILES string of the molecule is CCC(CC)C(NC(=O)C1CCCCC1)C(=O)C(=O)NN=C1SCCN1C. The van der Waals surface area contributed by atoms with Crippen molar-refractivity contribution in [3.05, 3.63) is 0 Å². The molecule has 0 aromatic carbocycles. The summed E-state index contributed by atoms with van der Waals surface area (Å²) in [5.74, 6) is -0.660. The molecule has 1 aliphatic heterocycles. The van der Waals surface area contributed by atoms with Gasteiger partial charge in [0.25, 0.3) is 0 Å². The number of carbonyl (C=O) groups is 3. The summed E-state index contributed by atoms with van der Waals surface area (Å²) in [4.78, 5) is 39.8. The second-order valence-corrected chi connectivity index (χ2v) is 8.43. The van der Waals surface area contributed by atoms with Gasteiger partial charge in [0.2, 0.25) is 11.7 Å². The third-order valence-corrected chi connectivity index (χ3v) is 6.59. The third-order valence-electron chi connectivity index (χ3n) is 5.54. The van der Waals surface area contributed by atoms with Crippen molar-refractivity contribution in [3.8, 4) is 0 Å². The van der Waals surface area contributed by atoms with Crippen LogP contribution < -0.4 is 10.7 Å². The molecule has 152 valence electrons. The minimum Gasteiger partial charge on any atom is -0.352 e. The van der Waals surface area contributed by atoms with E-state index in [4.69, 9.17) is 0 Å². The van der Waals surface area contributed by atoms with Crippen LogP contribution in [-0.4, -0.2) is 53.1 Å². The predicted molar refractivity (Wildman–Crippen MR) is 108 cm³/mol. The Hall–Kier alpha value is -1.57. The minimum absolute atomic E-state index is 0.0461. The lowest BCUT2D eigenvalue weighted by Crippen LogP contribution is -2.52. The van der Waals surface area contributed by atoms with E-state index in [1.54, 1.807) is 0 Å². The van der Waals surface area contributed by atoms with Crippen molar-refractivity contribution in [2.75, 3.05) is 19.3 Å². The second kappa shape index (κ2) is 10.7. The van der Waals surface area contributed by atoms with Gasteiger partial charge in [0.1, 0.15) is 6.04 Å². The third kappa shape index (κ3) is 5.96. The molecular weight excluding hydrogens is 364 g/mol. The topological polar surface area (TPSA) is 90.9 Å². The van der Waals surface area contributed by atoms with E-state index in [0.717, 1.165) is 57.2 Å². The van der Waals surface area contributed by atoms with Gasteiger partial charge >= 0.3 is 5.91 Å². The lowest BCUT2D eigenvalue weighted by atomic mass is 9.86. The lowest BCUT2D eigenvalue weighted by Gasteiger charge is -2.28. The first kappa shape index (κ1) is 21.7. The fourth-order valence-electron chi connectivity index (χ4n) is 3.69. The van der Waals surface area contributed by atoms with Crippen LogP contribution in [0.25, 0.3) is 0 Å². The highest BCUT2D eigenvalue weighted by atomic mass is 32.2.